The molecule has 0 saturated carbocycles. The zero-order chi connectivity index (χ0) is 13.1. The highest BCUT2D eigenvalue weighted by molar-refractivity contribution is 5.99. The second-order valence-electron chi connectivity index (χ2n) is 4.99. The Kier molecular flexibility index (Phi) is 3.99. The first-order valence-electron chi connectivity index (χ1n) is 6.41. The van der Waals surface area contributed by atoms with E-state index in [0.717, 1.165) is 26.2 Å². The van der Waals surface area contributed by atoms with E-state index in [0.29, 0.717) is 5.56 Å². The smallest absolute Gasteiger partial charge is 0.179 e. The molecule has 2 rings (SSSR count). The van der Waals surface area contributed by atoms with Gasteiger partial charge in [-0.05, 0) is 38.2 Å². The second-order valence-corrected chi connectivity index (χ2v) is 4.99. The largest absolute Gasteiger partial charge is 0.369 e. The third kappa shape index (κ3) is 2.89. The molecule has 4 heteroatoms. The van der Waals surface area contributed by atoms with Gasteiger partial charge >= 0.3 is 0 Å². The molecule has 2 N–H and O–H groups in total. The van der Waals surface area contributed by atoms with Crippen molar-refractivity contribution >= 4 is 11.5 Å². The van der Waals surface area contributed by atoms with E-state index in [1.54, 1.807) is 6.92 Å². The maximum atomic E-state index is 11.7. The van der Waals surface area contributed by atoms with Crippen LogP contribution in [0.15, 0.2) is 24.3 Å². The average molecular weight is 247 g/mol. The van der Waals surface area contributed by atoms with Crippen LogP contribution in [0.3, 0.4) is 0 Å². The summed E-state index contributed by atoms with van der Waals surface area (Å²) < 4.78 is 0. The van der Waals surface area contributed by atoms with Crippen molar-refractivity contribution in [3.63, 3.8) is 0 Å². The van der Waals surface area contributed by atoms with Crippen molar-refractivity contribution < 1.29 is 4.79 Å². The molecule has 1 heterocycles. The summed E-state index contributed by atoms with van der Waals surface area (Å²) in [6.45, 7) is 5.96. The van der Waals surface area contributed by atoms with Gasteiger partial charge in [-0.2, -0.15) is 0 Å². The lowest BCUT2D eigenvalue weighted by Crippen LogP contribution is -2.44. The monoisotopic (exact) mass is 247 g/mol. The van der Waals surface area contributed by atoms with Gasteiger partial charge in [-0.15, -0.1) is 0 Å². The second kappa shape index (κ2) is 5.50. The summed E-state index contributed by atoms with van der Waals surface area (Å²) in [5.74, 6) is -0.0000671. The number of hydrogen-bond acceptors (Lipinski definition) is 4. The molecule has 1 aliphatic heterocycles. The standard InChI is InChI=1S/C14H21N3O/c1-11(15)14(18)12-3-5-13(6-4-12)17-9-7-16(2)8-10-17/h3-6,11H,7-10,15H2,1-2H3. The maximum Gasteiger partial charge on any atom is 0.179 e. The predicted octanol–water partition coefficient (Wildman–Crippen LogP) is 0.968. The van der Waals surface area contributed by atoms with Crippen LogP contribution < -0.4 is 10.6 Å². The molecule has 98 valence electrons. The van der Waals surface area contributed by atoms with Crippen LogP contribution in [0.5, 0.6) is 0 Å². The summed E-state index contributed by atoms with van der Waals surface area (Å²) in [5.41, 5.74) is 7.48. The molecule has 1 aromatic rings. The minimum absolute atomic E-state index is 0.0000671. The van der Waals surface area contributed by atoms with Crippen LogP contribution in [-0.2, 0) is 0 Å². The minimum Gasteiger partial charge on any atom is -0.369 e. The normalized spacial score (nSPS) is 18.7. The fourth-order valence-electron chi connectivity index (χ4n) is 2.16. The Morgan fingerprint density at radius 1 is 1.17 bits per heavy atom. The Morgan fingerprint density at radius 3 is 2.22 bits per heavy atom. The summed E-state index contributed by atoms with van der Waals surface area (Å²) in [7, 11) is 2.14. The van der Waals surface area contributed by atoms with Gasteiger partial charge in [0.2, 0.25) is 0 Å². The molecule has 1 aliphatic rings. The zero-order valence-corrected chi connectivity index (χ0v) is 11.1. The van der Waals surface area contributed by atoms with Gasteiger partial charge in [0.1, 0.15) is 0 Å². The number of anilines is 1. The van der Waals surface area contributed by atoms with Crippen molar-refractivity contribution in [1.82, 2.24) is 4.90 Å². The van der Waals surface area contributed by atoms with E-state index in [4.69, 9.17) is 5.73 Å². The fourth-order valence-corrected chi connectivity index (χ4v) is 2.16. The Hall–Kier alpha value is -1.39. The van der Waals surface area contributed by atoms with Crippen molar-refractivity contribution in [2.24, 2.45) is 5.73 Å². The van der Waals surface area contributed by atoms with Crippen LogP contribution in [0, 0.1) is 0 Å². The molecular formula is C14H21N3O. The van der Waals surface area contributed by atoms with Crippen LogP contribution in [0.4, 0.5) is 5.69 Å². The first kappa shape index (κ1) is 13.1. The van der Waals surface area contributed by atoms with E-state index in [2.05, 4.69) is 16.8 Å². The van der Waals surface area contributed by atoms with Crippen molar-refractivity contribution in [2.45, 2.75) is 13.0 Å². The fraction of sp³-hybridized carbons (Fsp3) is 0.500. The summed E-state index contributed by atoms with van der Waals surface area (Å²) in [6, 6.07) is 7.35. The maximum absolute atomic E-state index is 11.7. The van der Waals surface area contributed by atoms with E-state index < -0.39 is 6.04 Å². The Balaban J connectivity index is 2.06. The van der Waals surface area contributed by atoms with Crippen LogP contribution in [-0.4, -0.2) is 50.0 Å². The molecule has 1 fully saturated rings. The lowest BCUT2D eigenvalue weighted by molar-refractivity contribution is 0.0968. The van der Waals surface area contributed by atoms with Gasteiger partial charge in [-0.25, -0.2) is 0 Å². The average Bonchev–Trinajstić information content (AvgIpc) is 2.39. The quantitative estimate of drug-likeness (QED) is 0.809. The summed E-state index contributed by atoms with van der Waals surface area (Å²) in [6.07, 6.45) is 0. The van der Waals surface area contributed by atoms with E-state index in [9.17, 15) is 4.79 Å². The number of nitrogens with two attached hydrogens (primary N) is 1. The molecule has 1 atom stereocenters. The molecule has 0 aromatic heterocycles. The van der Waals surface area contributed by atoms with Crippen LogP contribution in [0.25, 0.3) is 0 Å². The summed E-state index contributed by atoms with van der Waals surface area (Å²) in [5, 5.41) is 0. The molecule has 1 unspecified atom stereocenters. The Labute approximate surface area is 108 Å². The number of nitrogens with zero attached hydrogens (tertiary/aromatic N) is 2. The number of benzene rings is 1. The number of rotatable bonds is 3. The summed E-state index contributed by atoms with van der Waals surface area (Å²) >= 11 is 0. The van der Waals surface area contributed by atoms with Gasteiger partial charge in [0.15, 0.2) is 5.78 Å². The molecule has 4 nitrogen and oxygen atoms in total. The topological polar surface area (TPSA) is 49.6 Å². The molecule has 0 aliphatic carbocycles. The van der Waals surface area contributed by atoms with Gasteiger partial charge in [0.05, 0.1) is 6.04 Å². The highest BCUT2D eigenvalue weighted by atomic mass is 16.1. The predicted molar refractivity (Wildman–Crippen MR) is 74.1 cm³/mol. The highest BCUT2D eigenvalue weighted by Gasteiger charge is 2.15. The number of piperazine rings is 1. The molecule has 0 radical (unpaired) electrons. The van der Waals surface area contributed by atoms with Gasteiger partial charge in [0, 0.05) is 37.4 Å². The van der Waals surface area contributed by atoms with Gasteiger partial charge in [0.25, 0.3) is 0 Å². The molecule has 0 spiro atoms. The van der Waals surface area contributed by atoms with Gasteiger partial charge < -0.3 is 15.5 Å². The lowest BCUT2D eigenvalue weighted by Gasteiger charge is -2.34. The molecule has 18 heavy (non-hydrogen) atoms. The van der Waals surface area contributed by atoms with E-state index >= 15 is 0 Å². The number of carbonyl (C=O) groups is 1. The molecule has 1 saturated heterocycles. The van der Waals surface area contributed by atoms with E-state index in [1.165, 1.54) is 5.69 Å². The SMILES string of the molecule is CC(N)C(=O)c1ccc(N2CCN(C)CC2)cc1. The number of Topliss-reactive ketones (excluding diaryl/α,β-unsaturated/α-hetero) is 1. The molecule has 0 amide bonds. The van der Waals surface area contributed by atoms with Crippen LogP contribution in [0.1, 0.15) is 17.3 Å². The summed E-state index contributed by atoms with van der Waals surface area (Å²) in [4.78, 5) is 16.4. The first-order chi connectivity index (χ1) is 8.58. The molecule has 0 bridgehead atoms. The zero-order valence-electron chi connectivity index (χ0n) is 11.1. The third-order valence-corrected chi connectivity index (χ3v) is 3.43. The Morgan fingerprint density at radius 2 is 1.72 bits per heavy atom. The van der Waals surface area contributed by atoms with Crippen LogP contribution >= 0.6 is 0 Å². The van der Waals surface area contributed by atoms with E-state index in [-0.39, 0.29) is 5.78 Å². The van der Waals surface area contributed by atoms with Crippen molar-refractivity contribution in [3.05, 3.63) is 29.8 Å². The minimum atomic E-state index is -0.431. The molecule has 1 aromatic carbocycles. The first-order valence-corrected chi connectivity index (χ1v) is 6.41. The Bertz CT molecular complexity index is 406. The number of carbonyl (C=O) groups excluding carboxylic acids is 1. The number of ketones is 1. The highest BCUT2D eigenvalue weighted by Crippen LogP contribution is 2.17. The van der Waals surface area contributed by atoms with Crippen molar-refractivity contribution in [1.29, 1.82) is 0 Å². The lowest BCUT2D eigenvalue weighted by atomic mass is 10.1. The number of hydrogen-bond donors (Lipinski definition) is 1. The van der Waals surface area contributed by atoms with Crippen LogP contribution in [0.2, 0.25) is 0 Å². The molecular weight excluding hydrogens is 226 g/mol. The van der Waals surface area contributed by atoms with E-state index in [1.807, 2.05) is 24.3 Å². The number of likely N-dealkylation sites (N-methyl/N-ethyl adjacent to an activating group) is 1. The van der Waals surface area contributed by atoms with Gasteiger partial charge in [-0.1, -0.05) is 0 Å². The third-order valence-electron chi connectivity index (χ3n) is 3.43. The van der Waals surface area contributed by atoms with Crippen molar-refractivity contribution in [3.8, 4) is 0 Å². The van der Waals surface area contributed by atoms with Crippen molar-refractivity contribution in [2.75, 3.05) is 38.1 Å². The van der Waals surface area contributed by atoms with Gasteiger partial charge in [-0.3, -0.25) is 4.79 Å².